The van der Waals surface area contributed by atoms with Crippen LogP contribution in [0.5, 0.6) is 0 Å². The molecule has 2 rings (SSSR count). The number of rotatable bonds is 11. The van der Waals surface area contributed by atoms with E-state index < -0.39 is 11.0 Å². The number of carbonyl (C=O) groups is 2. The van der Waals surface area contributed by atoms with Gasteiger partial charge in [-0.05, 0) is 31.7 Å². The lowest BCUT2D eigenvalue weighted by atomic mass is 10.0. The summed E-state index contributed by atoms with van der Waals surface area (Å²) in [5, 5.41) is 14.3. The number of carbonyl (C=O) groups excluding carboxylic acids is 2. The lowest BCUT2D eigenvalue weighted by Crippen LogP contribution is -2.52. The van der Waals surface area contributed by atoms with E-state index in [2.05, 4.69) is 5.32 Å². The van der Waals surface area contributed by atoms with Crippen molar-refractivity contribution in [1.29, 1.82) is 0 Å². The fourth-order valence-corrected chi connectivity index (χ4v) is 3.44. The maximum atomic E-state index is 13.3. The zero-order valence-corrected chi connectivity index (χ0v) is 18.4. The van der Waals surface area contributed by atoms with Crippen LogP contribution in [0.1, 0.15) is 44.7 Å². The van der Waals surface area contributed by atoms with E-state index in [4.69, 9.17) is 0 Å². The summed E-state index contributed by atoms with van der Waals surface area (Å²) >= 11 is 0. The number of amides is 2. The van der Waals surface area contributed by atoms with Crippen LogP contribution in [0.15, 0.2) is 54.6 Å². The number of nitrogens with zero attached hydrogens (tertiary/aromatic N) is 2. The minimum absolute atomic E-state index is 0.00263. The minimum atomic E-state index is -0.631. The molecule has 7 heteroatoms. The van der Waals surface area contributed by atoms with Gasteiger partial charge in [-0.3, -0.25) is 19.7 Å². The van der Waals surface area contributed by atoms with Crippen LogP contribution in [0.4, 0.5) is 5.69 Å². The van der Waals surface area contributed by atoms with Crippen molar-refractivity contribution < 1.29 is 14.5 Å². The van der Waals surface area contributed by atoms with E-state index in [-0.39, 0.29) is 30.0 Å². The lowest BCUT2D eigenvalue weighted by molar-refractivity contribution is -0.385. The topological polar surface area (TPSA) is 92.6 Å². The molecule has 0 aliphatic carbocycles. The van der Waals surface area contributed by atoms with Gasteiger partial charge in [0.05, 0.1) is 11.3 Å². The Morgan fingerprint density at radius 3 is 2.29 bits per heavy atom. The smallest absolute Gasteiger partial charge is 0.273 e. The Hall–Kier alpha value is -3.22. The van der Waals surface area contributed by atoms with Crippen molar-refractivity contribution >= 4 is 17.5 Å². The highest BCUT2D eigenvalue weighted by Crippen LogP contribution is 2.20. The van der Waals surface area contributed by atoms with Gasteiger partial charge in [-0.15, -0.1) is 0 Å². The Balaban J connectivity index is 2.27. The second-order valence-corrected chi connectivity index (χ2v) is 7.63. The number of nitro benzene ring substituents is 1. The molecule has 31 heavy (non-hydrogen) atoms. The van der Waals surface area contributed by atoms with Crippen LogP contribution in [-0.2, 0) is 22.4 Å². The summed E-state index contributed by atoms with van der Waals surface area (Å²) < 4.78 is 0. The van der Waals surface area contributed by atoms with Gasteiger partial charge >= 0.3 is 0 Å². The molecule has 0 unspecified atom stereocenters. The van der Waals surface area contributed by atoms with Crippen LogP contribution >= 0.6 is 0 Å². The van der Waals surface area contributed by atoms with Crippen LogP contribution < -0.4 is 5.32 Å². The van der Waals surface area contributed by atoms with Crippen molar-refractivity contribution in [2.75, 3.05) is 6.54 Å². The summed E-state index contributed by atoms with van der Waals surface area (Å²) in [4.78, 5) is 38.6. The summed E-state index contributed by atoms with van der Waals surface area (Å²) in [7, 11) is 0. The van der Waals surface area contributed by atoms with Gasteiger partial charge in [0.2, 0.25) is 11.8 Å². The maximum absolute atomic E-state index is 13.3. The predicted octanol–water partition coefficient (Wildman–Crippen LogP) is 3.90. The summed E-state index contributed by atoms with van der Waals surface area (Å²) in [5.41, 5.74) is 1.32. The maximum Gasteiger partial charge on any atom is 0.273 e. The summed E-state index contributed by atoms with van der Waals surface area (Å²) in [6, 6.07) is 15.4. The molecule has 2 amide bonds. The molecule has 0 radical (unpaired) electrons. The standard InChI is InChI=1S/C24H31N3O4/c1-4-18(3)25-24(29)21(5-2)26(16-15-19-11-7-6-8-12-19)23(28)17-20-13-9-10-14-22(20)27(30)31/h6-14,18,21H,4-5,15-17H2,1-3H3,(H,25,29)/t18-,21-/m0/s1. The van der Waals surface area contributed by atoms with E-state index in [1.165, 1.54) is 6.07 Å². The van der Waals surface area contributed by atoms with Gasteiger partial charge in [-0.2, -0.15) is 0 Å². The van der Waals surface area contributed by atoms with Crippen molar-refractivity contribution in [3.05, 3.63) is 75.8 Å². The molecule has 2 aromatic carbocycles. The Kier molecular flexibility index (Phi) is 9.18. The monoisotopic (exact) mass is 425 g/mol. The fourth-order valence-electron chi connectivity index (χ4n) is 3.44. The van der Waals surface area contributed by atoms with Crippen LogP contribution in [0.3, 0.4) is 0 Å². The number of nitro groups is 1. The molecular formula is C24H31N3O4. The van der Waals surface area contributed by atoms with Crippen LogP contribution in [-0.4, -0.2) is 40.3 Å². The molecule has 0 fully saturated rings. The number of hydrogen-bond acceptors (Lipinski definition) is 4. The lowest BCUT2D eigenvalue weighted by Gasteiger charge is -2.31. The van der Waals surface area contributed by atoms with Crippen molar-refractivity contribution in [2.24, 2.45) is 0 Å². The van der Waals surface area contributed by atoms with Gasteiger partial charge in [-0.25, -0.2) is 0 Å². The molecular weight excluding hydrogens is 394 g/mol. The van der Waals surface area contributed by atoms with E-state index in [1.54, 1.807) is 23.1 Å². The highest BCUT2D eigenvalue weighted by molar-refractivity contribution is 5.89. The molecule has 2 aromatic rings. The quantitative estimate of drug-likeness (QED) is 0.436. The number of benzene rings is 2. The van der Waals surface area contributed by atoms with Crippen molar-refractivity contribution in [3.8, 4) is 0 Å². The Morgan fingerprint density at radius 2 is 1.68 bits per heavy atom. The zero-order valence-electron chi connectivity index (χ0n) is 18.4. The van der Waals surface area contributed by atoms with Crippen LogP contribution in [0.2, 0.25) is 0 Å². The fraction of sp³-hybridized carbons (Fsp3) is 0.417. The molecule has 0 bridgehead atoms. The van der Waals surface area contributed by atoms with Crippen molar-refractivity contribution in [1.82, 2.24) is 10.2 Å². The van der Waals surface area contributed by atoms with E-state index in [0.717, 1.165) is 12.0 Å². The third kappa shape index (κ3) is 6.91. The number of nitrogens with one attached hydrogen (secondary N) is 1. The molecule has 0 aliphatic heterocycles. The molecule has 166 valence electrons. The Labute approximate surface area is 183 Å². The van der Waals surface area contributed by atoms with E-state index >= 15 is 0 Å². The second kappa shape index (κ2) is 11.8. The zero-order chi connectivity index (χ0) is 22.8. The Morgan fingerprint density at radius 1 is 1.03 bits per heavy atom. The van der Waals surface area contributed by atoms with E-state index in [1.807, 2.05) is 51.1 Å². The van der Waals surface area contributed by atoms with E-state index in [9.17, 15) is 19.7 Å². The summed E-state index contributed by atoms with van der Waals surface area (Å²) in [6.07, 6.45) is 1.71. The van der Waals surface area contributed by atoms with Crippen molar-refractivity contribution in [3.63, 3.8) is 0 Å². The first-order valence-electron chi connectivity index (χ1n) is 10.7. The first kappa shape index (κ1) is 24.1. The number of para-hydroxylation sites is 1. The largest absolute Gasteiger partial charge is 0.352 e. The first-order chi connectivity index (χ1) is 14.9. The molecule has 7 nitrogen and oxygen atoms in total. The number of hydrogen-bond donors (Lipinski definition) is 1. The highest BCUT2D eigenvalue weighted by Gasteiger charge is 2.30. The van der Waals surface area contributed by atoms with Gasteiger partial charge in [-0.1, -0.05) is 62.4 Å². The normalized spacial score (nSPS) is 12.6. The predicted molar refractivity (Wildman–Crippen MR) is 121 cm³/mol. The SMILES string of the molecule is CC[C@H](C)NC(=O)[C@H](CC)N(CCc1ccccc1)C(=O)Cc1ccccc1[N+](=O)[O-]. The molecule has 0 aliphatic rings. The first-order valence-corrected chi connectivity index (χ1v) is 10.7. The van der Waals surface area contributed by atoms with Gasteiger partial charge < -0.3 is 10.2 Å². The highest BCUT2D eigenvalue weighted by atomic mass is 16.6. The molecule has 0 heterocycles. The molecule has 0 spiro atoms. The third-order valence-corrected chi connectivity index (χ3v) is 5.40. The average molecular weight is 426 g/mol. The second-order valence-electron chi connectivity index (χ2n) is 7.63. The minimum Gasteiger partial charge on any atom is -0.352 e. The third-order valence-electron chi connectivity index (χ3n) is 5.40. The molecule has 0 aromatic heterocycles. The molecule has 0 saturated heterocycles. The summed E-state index contributed by atoms with van der Waals surface area (Å²) in [5.74, 6) is -0.489. The van der Waals surface area contributed by atoms with Gasteiger partial charge in [0.1, 0.15) is 6.04 Å². The molecule has 0 saturated carbocycles. The van der Waals surface area contributed by atoms with Gasteiger partial charge in [0, 0.05) is 24.2 Å². The van der Waals surface area contributed by atoms with Gasteiger partial charge in [0.25, 0.3) is 5.69 Å². The van der Waals surface area contributed by atoms with Gasteiger partial charge in [0.15, 0.2) is 0 Å². The Bertz CT molecular complexity index is 885. The average Bonchev–Trinajstić information content (AvgIpc) is 2.77. The summed E-state index contributed by atoms with van der Waals surface area (Å²) in [6.45, 7) is 6.14. The van der Waals surface area contributed by atoms with Crippen LogP contribution in [0.25, 0.3) is 0 Å². The molecule has 2 atom stereocenters. The van der Waals surface area contributed by atoms with Crippen LogP contribution in [0, 0.1) is 10.1 Å². The van der Waals surface area contributed by atoms with Crippen molar-refractivity contribution in [2.45, 2.75) is 58.5 Å². The molecule has 1 N–H and O–H groups in total. The van der Waals surface area contributed by atoms with E-state index in [0.29, 0.717) is 24.9 Å².